The zero-order chi connectivity index (χ0) is 17.5. The molecule has 1 aliphatic heterocycles. The average molecular weight is 344 g/mol. The number of hydrogen-bond donors (Lipinski definition) is 1. The second-order valence-corrected chi connectivity index (χ2v) is 6.09. The number of benzene rings is 1. The molecular formula is C16H16F4N2O2. The fourth-order valence-electron chi connectivity index (χ4n) is 3.31. The Kier molecular flexibility index (Phi) is 4.11. The lowest BCUT2D eigenvalue weighted by Gasteiger charge is -2.37. The van der Waals surface area contributed by atoms with Crippen LogP contribution in [0.3, 0.4) is 0 Å². The van der Waals surface area contributed by atoms with Crippen LogP contribution in [-0.4, -0.2) is 33.6 Å². The van der Waals surface area contributed by atoms with Crippen LogP contribution in [0.4, 0.5) is 17.6 Å². The molecule has 24 heavy (non-hydrogen) atoms. The predicted octanol–water partition coefficient (Wildman–Crippen LogP) is 3.47. The number of hydrogen-bond acceptors (Lipinski definition) is 3. The van der Waals surface area contributed by atoms with Gasteiger partial charge in [-0.25, -0.2) is 4.39 Å². The summed E-state index contributed by atoms with van der Waals surface area (Å²) < 4.78 is 54.0. The molecule has 1 N–H and O–H groups in total. The molecule has 0 aromatic heterocycles. The van der Waals surface area contributed by atoms with Gasteiger partial charge in [0.05, 0.1) is 5.92 Å². The Hall–Kier alpha value is -1.96. The van der Waals surface area contributed by atoms with E-state index in [4.69, 9.17) is 0 Å². The molecule has 0 radical (unpaired) electrons. The van der Waals surface area contributed by atoms with E-state index in [1.807, 2.05) is 0 Å². The molecule has 1 heterocycles. The highest BCUT2D eigenvalue weighted by Crippen LogP contribution is 2.47. The molecule has 2 atom stereocenters. The number of amides is 1. The van der Waals surface area contributed by atoms with Gasteiger partial charge in [-0.3, -0.25) is 4.79 Å². The van der Waals surface area contributed by atoms with Gasteiger partial charge in [-0.2, -0.15) is 23.3 Å². The van der Waals surface area contributed by atoms with Gasteiger partial charge in [-0.1, -0.05) is 12.8 Å². The third-order valence-electron chi connectivity index (χ3n) is 4.57. The summed E-state index contributed by atoms with van der Waals surface area (Å²) in [6, 6.07) is 4.09. The highest BCUT2D eigenvalue weighted by molar-refractivity contribution is 5.99. The summed E-state index contributed by atoms with van der Waals surface area (Å²) in [4.78, 5) is 12.5. The number of halogens is 4. The van der Waals surface area contributed by atoms with E-state index >= 15 is 0 Å². The van der Waals surface area contributed by atoms with Gasteiger partial charge >= 0.3 is 6.18 Å². The minimum Gasteiger partial charge on any atom is -0.362 e. The number of nitrogens with zero attached hydrogens (tertiary/aromatic N) is 2. The molecule has 4 nitrogen and oxygen atoms in total. The van der Waals surface area contributed by atoms with Crippen molar-refractivity contribution in [2.24, 2.45) is 11.0 Å². The molecule has 8 heteroatoms. The zero-order valence-electron chi connectivity index (χ0n) is 12.7. The smallest absolute Gasteiger partial charge is 0.362 e. The van der Waals surface area contributed by atoms with Gasteiger partial charge in [0.2, 0.25) is 0 Å². The Bertz CT molecular complexity index is 672. The summed E-state index contributed by atoms with van der Waals surface area (Å²) in [5.74, 6) is -2.98. The first-order valence-corrected chi connectivity index (χ1v) is 7.71. The number of rotatable bonds is 1. The maximum Gasteiger partial charge on any atom is 0.439 e. The van der Waals surface area contributed by atoms with Gasteiger partial charge < -0.3 is 5.11 Å². The minimum absolute atomic E-state index is 0.113. The molecule has 1 aromatic rings. The third kappa shape index (κ3) is 2.58. The lowest BCUT2D eigenvalue weighted by Crippen LogP contribution is -2.61. The first-order valence-electron chi connectivity index (χ1n) is 7.71. The Labute approximate surface area is 135 Å². The van der Waals surface area contributed by atoms with Crippen molar-refractivity contribution in [3.8, 4) is 0 Å². The van der Waals surface area contributed by atoms with Crippen LogP contribution in [0.2, 0.25) is 0 Å². The van der Waals surface area contributed by atoms with Gasteiger partial charge in [0, 0.05) is 11.3 Å². The Morgan fingerprint density at radius 2 is 1.88 bits per heavy atom. The van der Waals surface area contributed by atoms with E-state index in [0.29, 0.717) is 19.3 Å². The van der Waals surface area contributed by atoms with Crippen molar-refractivity contribution in [1.82, 2.24) is 5.01 Å². The van der Waals surface area contributed by atoms with Crippen molar-refractivity contribution >= 4 is 11.6 Å². The molecule has 1 amide bonds. The van der Waals surface area contributed by atoms with Gasteiger partial charge in [-0.05, 0) is 43.5 Å². The number of carbonyl (C=O) groups is 1. The fraction of sp³-hybridized carbons (Fsp3) is 0.500. The Balaban J connectivity index is 2.03. The molecule has 1 saturated carbocycles. The standard InChI is InChI=1S/C16H16F4N2O2/c17-11-8-6-10(7-9-11)14(23)22-15(24,16(18,19)20)12-4-2-1-3-5-13(12)21-22/h6-9,12,24H,1-5H2/t12-,15-/m0/s1. The van der Waals surface area contributed by atoms with E-state index < -0.39 is 29.5 Å². The quantitative estimate of drug-likeness (QED) is 0.793. The number of aliphatic hydroxyl groups is 1. The molecule has 0 bridgehead atoms. The van der Waals surface area contributed by atoms with Crippen molar-refractivity contribution < 1.29 is 27.5 Å². The van der Waals surface area contributed by atoms with E-state index in [0.717, 1.165) is 30.7 Å². The van der Waals surface area contributed by atoms with Crippen molar-refractivity contribution in [2.75, 3.05) is 0 Å². The van der Waals surface area contributed by atoms with Crippen LogP contribution in [-0.2, 0) is 0 Å². The number of alkyl halides is 3. The van der Waals surface area contributed by atoms with E-state index in [9.17, 15) is 27.5 Å². The molecule has 0 unspecified atom stereocenters. The van der Waals surface area contributed by atoms with Crippen LogP contribution in [0.1, 0.15) is 42.5 Å². The highest BCUT2D eigenvalue weighted by atomic mass is 19.4. The van der Waals surface area contributed by atoms with Gasteiger partial charge in [0.15, 0.2) is 0 Å². The third-order valence-corrected chi connectivity index (χ3v) is 4.57. The van der Waals surface area contributed by atoms with Crippen LogP contribution in [0.5, 0.6) is 0 Å². The van der Waals surface area contributed by atoms with Gasteiger partial charge in [0.25, 0.3) is 11.6 Å². The second-order valence-electron chi connectivity index (χ2n) is 6.09. The topological polar surface area (TPSA) is 52.9 Å². The predicted molar refractivity (Wildman–Crippen MR) is 77.6 cm³/mol. The van der Waals surface area contributed by atoms with Crippen LogP contribution in [0.15, 0.2) is 29.4 Å². The van der Waals surface area contributed by atoms with E-state index in [1.165, 1.54) is 0 Å². The molecule has 2 aliphatic rings. The maximum absolute atomic E-state index is 13.7. The normalized spacial score (nSPS) is 27.5. The summed E-state index contributed by atoms with van der Waals surface area (Å²) in [6.07, 6.45) is -2.67. The summed E-state index contributed by atoms with van der Waals surface area (Å²) in [6.45, 7) is 0. The zero-order valence-corrected chi connectivity index (χ0v) is 12.7. The first-order chi connectivity index (χ1) is 11.2. The minimum atomic E-state index is -5.05. The lowest BCUT2D eigenvalue weighted by atomic mass is 9.87. The van der Waals surface area contributed by atoms with Crippen LogP contribution < -0.4 is 0 Å². The number of fused-ring (bicyclic) bond motifs is 1. The Morgan fingerprint density at radius 1 is 1.21 bits per heavy atom. The molecular weight excluding hydrogens is 328 g/mol. The van der Waals surface area contributed by atoms with Crippen molar-refractivity contribution in [2.45, 2.75) is 44.0 Å². The van der Waals surface area contributed by atoms with E-state index in [1.54, 1.807) is 0 Å². The van der Waals surface area contributed by atoms with Crippen LogP contribution in [0.25, 0.3) is 0 Å². The van der Waals surface area contributed by atoms with Crippen LogP contribution >= 0.6 is 0 Å². The molecule has 0 saturated heterocycles. The number of hydrazone groups is 1. The second kappa shape index (κ2) is 5.84. The molecule has 1 fully saturated rings. The first kappa shape index (κ1) is 16.9. The molecule has 1 aromatic carbocycles. The molecule has 0 spiro atoms. The average Bonchev–Trinajstić information content (AvgIpc) is 2.68. The SMILES string of the molecule is O=C(c1ccc(F)cc1)N1N=C2CCCCC[C@@H]2[C@]1(O)C(F)(F)F. The van der Waals surface area contributed by atoms with Gasteiger partial charge in [0.1, 0.15) is 5.82 Å². The van der Waals surface area contributed by atoms with Gasteiger partial charge in [-0.15, -0.1) is 0 Å². The Morgan fingerprint density at radius 3 is 2.50 bits per heavy atom. The molecule has 1 aliphatic carbocycles. The summed E-state index contributed by atoms with van der Waals surface area (Å²) >= 11 is 0. The highest BCUT2D eigenvalue weighted by Gasteiger charge is 2.68. The maximum atomic E-state index is 13.7. The van der Waals surface area contributed by atoms with E-state index in [2.05, 4.69) is 5.10 Å². The molecule has 3 rings (SSSR count). The molecule has 130 valence electrons. The monoisotopic (exact) mass is 344 g/mol. The number of carbonyl (C=O) groups excluding carboxylic acids is 1. The van der Waals surface area contributed by atoms with Crippen molar-refractivity contribution in [3.63, 3.8) is 0 Å². The fourth-order valence-corrected chi connectivity index (χ4v) is 3.31. The summed E-state index contributed by atoms with van der Waals surface area (Å²) in [5, 5.41) is 14.4. The van der Waals surface area contributed by atoms with Crippen LogP contribution in [0, 0.1) is 11.7 Å². The summed E-state index contributed by atoms with van der Waals surface area (Å²) in [7, 11) is 0. The lowest BCUT2D eigenvalue weighted by molar-refractivity contribution is -0.312. The largest absolute Gasteiger partial charge is 0.439 e. The van der Waals surface area contributed by atoms with Crippen molar-refractivity contribution in [3.05, 3.63) is 35.6 Å². The van der Waals surface area contributed by atoms with Crippen molar-refractivity contribution in [1.29, 1.82) is 0 Å². The summed E-state index contributed by atoms with van der Waals surface area (Å²) in [5.41, 5.74) is -3.33. The van der Waals surface area contributed by atoms with E-state index in [-0.39, 0.29) is 22.7 Å².